The summed E-state index contributed by atoms with van der Waals surface area (Å²) in [6, 6.07) is 0. The van der Waals surface area contributed by atoms with E-state index in [2.05, 4.69) is 4.72 Å². The molecule has 1 spiro atoms. The van der Waals surface area contributed by atoms with Crippen molar-refractivity contribution < 1.29 is 0 Å². The molecule has 0 heterocycles. The van der Waals surface area contributed by atoms with Crippen molar-refractivity contribution in [3.8, 4) is 0 Å². The van der Waals surface area contributed by atoms with Crippen LogP contribution >= 0.6 is 11.9 Å². The number of hydrogen-bond acceptors (Lipinski definition) is 3. The molecular formula is C9H16N2S. The van der Waals surface area contributed by atoms with E-state index in [1.54, 1.807) is 0 Å². The summed E-state index contributed by atoms with van der Waals surface area (Å²) < 4.78 is 2.97. The van der Waals surface area contributed by atoms with E-state index in [1.165, 1.54) is 44.1 Å². The molecule has 0 aromatic heterocycles. The quantitative estimate of drug-likeness (QED) is 0.393. The minimum absolute atomic E-state index is 0.586. The van der Waals surface area contributed by atoms with Crippen molar-refractivity contribution in [1.82, 2.24) is 4.72 Å². The van der Waals surface area contributed by atoms with Crippen LogP contribution in [-0.4, -0.2) is 12.1 Å². The highest BCUT2D eigenvalue weighted by Gasteiger charge is 2.49. The van der Waals surface area contributed by atoms with Crippen molar-refractivity contribution in [2.45, 2.75) is 32.1 Å². The van der Waals surface area contributed by atoms with Gasteiger partial charge in [-0.1, -0.05) is 6.42 Å². The van der Waals surface area contributed by atoms with Gasteiger partial charge in [-0.05, 0) is 50.1 Å². The van der Waals surface area contributed by atoms with Crippen LogP contribution in [0.3, 0.4) is 0 Å². The smallest absolute Gasteiger partial charge is 0.0823 e. The Kier molecular flexibility index (Phi) is 2.17. The van der Waals surface area contributed by atoms with Gasteiger partial charge < -0.3 is 0 Å². The normalized spacial score (nSPS) is 26.4. The van der Waals surface area contributed by atoms with Crippen LogP contribution in [0.1, 0.15) is 32.1 Å². The second-order valence-electron chi connectivity index (χ2n) is 4.13. The minimum atomic E-state index is 0.586. The Morgan fingerprint density at radius 3 is 2.58 bits per heavy atom. The third-order valence-electron chi connectivity index (χ3n) is 3.36. The van der Waals surface area contributed by atoms with Gasteiger partial charge in [-0.25, -0.2) is 0 Å². The van der Waals surface area contributed by atoms with E-state index in [9.17, 15) is 0 Å². The molecule has 2 aliphatic rings. The van der Waals surface area contributed by atoms with Gasteiger partial charge >= 0.3 is 0 Å². The topological polar surface area (TPSA) is 35.9 Å². The SMILES string of the molecule is CNSC(=N)C1CC2(CCC2)C1. The molecule has 3 heteroatoms. The largest absolute Gasteiger partial charge is 0.297 e. The third kappa shape index (κ3) is 1.29. The van der Waals surface area contributed by atoms with Crippen LogP contribution in [0, 0.1) is 16.7 Å². The van der Waals surface area contributed by atoms with Gasteiger partial charge in [-0.2, -0.15) is 0 Å². The van der Waals surface area contributed by atoms with Crippen molar-refractivity contribution in [3.05, 3.63) is 0 Å². The van der Waals surface area contributed by atoms with Gasteiger partial charge in [0.1, 0.15) is 0 Å². The molecule has 2 aliphatic carbocycles. The molecule has 2 fully saturated rings. The van der Waals surface area contributed by atoms with Crippen LogP contribution in [0.2, 0.25) is 0 Å². The predicted molar refractivity (Wildman–Crippen MR) is 53.4 cm³/mol. The van der Waals surface area contributed by atoms with Gasteiger partial charge in [0.25, 0.3) is 0 Å². The van der Waals surface area contributed by atoms with E-state index in [0.29, 0.717) is 11.3 Å². The molecule has 2 rings (SSSR count). The molecule has 0 aromatic carbocycles. The summed E-state index contributed by atoms with van der Waals surface area (Å²) >= 11 is 1.48. The molecule has 0 aromatic rings. The number of rotatable bonds is 2. The Bertz CT molecular complexity index is 191. The van der Waals surface area contributed by atoms with E-state index in [-0.39, 0.29) is 0 Å². The fourth-order valence-corrected chi connectivity index (χ4v) is 3.00. The highest BCUT2D eigenvalue weighted by Crippen LogP contribution is 2.59. The monoisotopic (exact) mass is 184 g/mol. The maximum absolute atomic E-state index is 7.72. The molecule has 12 heavy (non-hydrogen) atoms. The second kappa shape index (κ2) is 3.04. The van der Waals surface area contributed by atoms with Gasteiger partial charge in [0.15, 0.2) is 0 Å². The standard InChI is InChI=1S/C9H16N2S/c1-11-12-8(10)7-5-9(6-7)3-2-4-9/h7,10-11H,2-6H2,1H3. The van der Waals surface area contributed by atoms with Gasteiger partial charge in [0.2, 0.25) is 0 Å². The molecule has 2 N–H and O–H groups in total. The highest BCUT2D eigenvalue weighted by atomic mass is 32.2. The maximum Gasteiger partial charge on any atom is 0.0823 e. The summed E-state index contributed by atoms with van der Waals surface area (Å²) in [6.07, 6.45) is 6.88. The van der Waals surface area contributed by atoms with Crippen molar-refractivity contribution in [2.75, 3.05) is 7.05 Å². The fraction of sp³-hybridized carbons (Fsp3) is 0.889. The molecule has 0 aliphatic heterocycles. The molecule has 2 saturated carbocycles. The lowest BCUT2D eigenvalue weighted by Crippen LogP contribution is -2.45. The van der Waals surface area contributed by atoms with Crippen LogP contribution in [0.25, 0.3) is 0 Å². The van der Waals surface area contributed by atoms with Crippen LogP contribution in [0.4, 0.5) is 0 Å². The van der Waals surface area contributed by atoms with E-state index in [1.807, 2.05) is 7.05 Å². The lowest BCUT2D eigenvalue weighted by atomic mass is 9.52. The molecule has 0 saturated heterocycles. The highest BCUT2D eigenvalue weighted by molar-refractivity contribution is 8.12. The molecule has 0 atom stereocenters. The lowest BCUT2D eigenvalue weighted by molar-refractivity contribution is 0.00459. The number of nitrogens with one attached hydrogen (secondary N) is 2. The summed E-state index contributed by atoms with van der Waals surface area (Å²) in [7, 11) is 1.89. The first-order valence-electron chi connectivity index (χ1n) is 4.68. The summed E-state index contributed by atoms with van der Waals surface area (Å²) in [5, 5.41) is 8.56. The summed E-state index contributed by atoms with van der Waals surface area (Å²) in [4.78, 5) is 0. The Morgan fingerprint density at radius 2 is 2.17 bits per heavy atom. The molecule has 0 bridgehead atoms. The average Bonchev–Trinajstić information content (AvgIpc) is 1.81. The summed E-state index contributed by atoms with van der Waals surface area (Å²) in [5.74, 6) is 0.586. The van der Waals surface area contributed by atoms with Crippen LogP contribution in [-0.2, 0) is 0 Å². The Morgan fingerprint density at radius 1 is 1.50 bits per heavy atom. The molecule has 0 unspecified atom stereocenters. The van der Waals surface area contributed by atoms with Crippen molar-refractivity contribution in [1.29, 1.82) is 5.41 Å². The maximum atomic E-state index is 7.72. The van der Waals surface area contributed by atoms with Gasteiger partial charge in [-0.3, -0.25) is 10.1 Å². The third-order valence-corrected chi connectivity index (χ3v) is 4.11. The first kappa shape index (κ1) is 8.57. The van der Waals surface area contributed by atoms with Crippen LogP contribution in [0.15, 0.2) is 0 Å². The van der Waals surface area contributed by atoms with Crippen LogP contribution in [0.5, 0.6) is 0 Å². The van der Waals surface area contributed by atoms with E-state index in [0.717, 1.165) is 5.04 Å². The average molecular weight is 184 g/mol. The van der Waals surface area contributed by atoms with Crippen molar-refractivity contribution in [2.24, 2.45) is 11.3 Å². The van der Waals surface area contributed by atoms with Gasteiger partial charge in [0, 0.05) is 5.92 Å². The van der Waals surface area contributed by atoms with Gasteiger partial charge in [-0.15, -0.1) is 0 Å². The summed E-state index contributed by atoms with van der Waals surface area (Å²) in [6.45, 7) is 0. The van der Waals surface area contributed by atoms with Crippen molar-refractivity contribution in [3.63, 3.8) is 0 Å². The van der Waals surface area contributed by atoms with E-state index < -0.39 is 0 Å². The van der Waals surface area contributed by atoms with E-state index in [4.69, 9.17) is 5.41 Å². The Balaban J connectivity index is 1.76. The fourth-order valence-electron chi connectivity index (χ4n) is 2.45. The molecule has 68 valence electrons. The van der Waals surface area contributed by atoms with Gasteiger partial charge in [0.05, 0.1) is 5.04 Å². The Labute approximate surface area is 78.1 Å². The first-order chi connectivity index (χ1) is 5.76. The zero-order valence-corrected chi connectivity index (χ0v) is 8.34. The molecular weight excluding hydrogens is 168 g/mol. The minimum Gasteiger partial charge on any atom is -0.297 e. The first-order valence-corrected chi connectivity index (χ1v) is 5.49. The number of hydrogen-bond donors (Lipinski definition) is 2. The molecule has 0 amide bonds. The molecule has 2 nitrogen and oxygen atoms in total. The zero-order valence-electron chi connectivity index (χ0n) is 7.52. The zero-order chi connectivity index (χ0) is 8.60. The summed E-state index contributed by atoms with van der Waals surface area (Å²) in [5.41, 5.74) is 0.714. The second-order valence-corrected chi connectivity index (χ2v) is 5.18. The van der Waals surface area contributed by atoms with Crippen LogP contribution < -0.4 is 4.72 Å². The van der Waals surface area contributed by atoms with Crippen molar-refractivity contribution >= 4 is 17.0 Å². The predicted octanol–water partition coefficient (Wildman–Crippen LogP) is 2.41. The Hall–Kier alpha value is -0.0200. The van der Waals surface area contributed by atoms with E-state index >= 15 is 0 Å². The lowest BCUT2D eigenvalue weighted by Gasteiger charge is -2.54. The molecule has 0 radical (unpaired) electrons.